The Bertz CT molecular complexity index is 1180. The first-order valence-corrected chi connectivity index (χ1v) is 11.0. The number of halogens is 3. The van der Waals surface area contributed by atoms with Gasteiger partial charge in [-0.05, 0) is 29.8 Å². The van der Waals surface area contributed by atoms with Gasteiger partial charge in [-0.15, -0.1) is 0 Å². The molecule has 0 radical (unpaired) electrons. The number of aromatic nitrogens is 1. The molecular formula is C16H13F3N2O5S2. The van der Waals surface area contributed by atoms with Crippen LogP contribution in [0.5, 0.6) is 0 Å². The third-order valence-electron chi connectivity index (χ3n) is 4.22. The molecule has 1 aromatic carbocycles. The molecule has 28 heavy (non-hydrogen) atoms. The number of pyridine rings is 1. The first-order chi connectivity index (χ1) is 12.9. The normalized spacial score (nSPS) is 15.0. The Morgan fingerprint density at radius 1 is 1.14 bits per heavy atom. The maximum Gasteiger partial charge on any atom is 0.501 e. The molecule has 1 aromatic heterocycles. The van der Waals surface area contributed by atoms with Crippen molar-refractivity contribution in [2.24, 2.45) is 0 Å². The fourth-order valence-electron chi connectivity index (χ4n) is 2.74. The standard InChI is InChI=1S/C16H13F3N2O5S2/c1-2-27(23,24)13-4-3-7-20-14(13)21-9-10-5-6-11(8-12(10)15(21)22)28(25,26)16(17,18)19/h3-8H,2,9H2,1H3. The molecule has 0 unspecified atom stereocenters. The number of amides is 1. The van der Waals surface area contributed by atoms with Gasteiger partial charge in [-0.2, -0.15) is 13.2 Å². The molecule has 7 nitrogen and oxygen atoms in total. The zero-order chi connectivity index (χ0) is 20.9. The SMILES string of the molecule is CCS(=O)(=O)c1cccnc1N1Cc2ccc(S(=O)(=O)C(F)(F)F)cc2C1=O. The van der Waals surface area contributed by atoms with Crippen molar-refractivity contribution in [2.75, 3.05) is 10.7 Å². The molecule has 12 heteroatoms. The van der Waals surface area contributed by atoms with E-state index in [1.165, 1.54) is 25.3 Å². The Kier molecular flexibility index (Phi) is 4.74. The fraction of sp³-hybridized carbons (Fsp3) is 0.250. The van der Waals surface area contributed by atoms with E-state index in [-0.39, 0.29) is 34.1 Å². The van der Waals surface area contributed by atoms with E-state index >= 15 is 0 Å². The van der Waals surface area contributed by atoms with Gasteiger partial charge < -0.3 is 0 Å². The number of hydrogen-bond donors (Lipinski definition) is 0. The Balaban J connectivity index is 2.08. The second kappa shape index (κ2) is 6.55. The van der Waals surface area contributed by atoms with E-state index in [1.54, 1.807) is 0 Å². The molecule has 0 N–H and O–H groups in total. The molecule has 0 saturated carbocycles. The minimum Gasteiger partial charge on any atom is -0.287 e. The van der Waals surface area contributed by atoms with Gasteiger partial charge in [0, 0.05) is 11.8 Å². The number of fused-ring (bicyclic) bond motifs is 1. The molecule has 1 amide bonds. The Labute approximate surface area is 158 Å². The van der Waals surface area contributed by atoms with Gasteiger partial charge in [0.05, 0.1) is 17.2 Å². The minimum absolute atomic E-state index is 0.149. The van der Waals surface area contributed by atoms with E-state index in [0.29, 0.717) is 6.07 Å². The Morgan fingerprint density at radius 2 is 1.82 bits per heavy atom. The van der Waals surface area contributed by atoms with Crippen LogP contribution in [0.4, 0.5) is 19.0 Å². The van der Waals surface area contributed by atoms with Crippen molar-refractivity contribution < 1.29 is 34.8 Å². The van der Waals surface area contributed by atoms with E-state index in [1.807, 2.05) is 0 Å². The first kappa shape index (κ1) is 20.3. The number of benzene rings is 1. The number of anilines is 1. The van der Waals surface area contributed by atoms with Gasteiger partial charge in [0.1, 0.15) is 4.90 Å². The van der Waals surface area contributed by atoms with Crippen LogP contribution in [0.1, 0.15) is 22.8 Å². The molecule has 0 bridgehead atoms. The molecule has 0 aliphatic carbocycles. The molecule has 1 aliphatic rings. The van der Waals surface area contributed by atoms with Crippen molar-refractivity contribution in [3.8, 4) is 0 Å². The van der Waals surface area contributed by atoms with Crippen molar-refractivity contribution in [3.05, 3.63) is 47.7 Å². The first-order valence-electron chi connectivity index (χ1n) is 7.84. The maximum atomic E-state index is 12.8. The number of alkyl halides is 3. The lowest BCUT2D eigenvalue weighted by atomic mass is 10.1. The number of rotatable bonds is 4. The van der Waals surface area contributed by atoms with Crippen LogP contribution < -0.4 is 4.90 Å². The smallest absolute Gasteiger partial charge is 0.287 e. The molecule has 1 aliphatic heterocycles. The summed E-state index contributed by atoms with van der Waals surface area (Å²) in [5, 5.41) is 0. The summed E-state index contributed by atoms with van der Waals surface area (Å²) < 4.78 is 86.1. The second-order valence-corrected chi connectivity index (χ2v) is 10.1. The lowest BCUT2D eigenvalue weighted by Gasteiger charge is -2.17. The topological polar surface area (TPSA) is 101 Å². The summed E-state index contributed by atoms with van der Waals surface area (Å²) in [6.07, 6.45) is 1.28. The van der Waals surface area contributed by atoms with Crippen molar-refractivity contribution >= 4 is 31.4 Å². The average Bonchev–Trinajstić information content (AvgIpc) is 2.97. The highest BCUT2D eigenvalue weighted by molar-refractivity contribution is 7.92. The van der Waals surface area contributed by atoms with E-state index in [9.17, 15) is 34.8 Å². The van der Waals surface area contributed by atoms with Crippen molar-refractivity contribution in [3.63, 3.8) is 0 Å². The van der Waals surface area contributed by atoms with E-state index in [2.05, 4.69) is 4.98 Å². The summed E-state index contributed by atoms with van der Waals surface area (Å²) in [5.41, 5.74) is -5.50. The van der Waals surface area contributed by atoms with E-state index in [0.717, 1.165) is 17.0 Å². The summed E-state index contributed by atoms with van der Waals surface area (Å²) in [6.45, 7) is 1.27. The molecule has 0 fully saturated rings. The lowest BCUT2D eigenvalue weighted by Crippen LogP contribution is -2.26. The Hall–Kier alpha value is -2.47. The highest BCUT2D eigenvalue weighted by Crippen LogP contribution is 2.35. The van der Waals surface area contributed by atoms with E-state index < -0.39 is 36.0 Å². The molecule has 0 spiro atoms. The summed E-state index contributed by atoms with van der Waals surface area (Å²) in [7, 11) is -9.35. The largest absolute Gasteiger partial charge is 0.501 e. The molecule has 2 aromatic rings. The van der Waals surface area contributed by atoms with Crippen LogP contribution in [0, 0.1) is 0 Å². The van der Waals surface area contributed by atoms with Gasteiger partial charge in [-0.25, -0.2) is 21.8 Å². The van der Waals surface area contributed by atoms with Crippen LogP contribution in [0.2, 0.25) is 0 Å². The van der Waals surface area contributed by atoms with Crippen LogP contribution in [-0.4, -0.2) is 39.0 Å². The number of carbonyl (C=O) groups excluding carboxylic acids is 1. The van der Waals surface area contributed by atoms with Crippen molar-refractivity contribution in [2.45, 2.75) is 28.8 Å². The quantitative estimate of drug-likeness (QED) is 0.732. The monoisotopic (exact) mass is 434 g/mol. The summed E-state index contributed by atoms with van der Waals surface area (Å²) in [6, 6.07) is 5.17. The second-order valence-electron chi connectivity index (χ2n) is 5.89. The number of carbonyl (C=O) groups is 1. The number of hydrogen-bond acceptors (Lipinski definition) is 6. The zero-order valence-electron chi connectivity index (χ0n) is 14.3. The van der Waals surface area contributed by atoms with Gasteiger partial charge in [0.2, 0.25) is 0 Å². The van der Waals surface area contributed by atoms with Gasteiger partial charge in [0.15, 0.2) is 15.7 Å². The molecular weight excluding hydrogens is 421 g/mol. The van der Waals surface area contributed by atoms with Gasteiger partial charge in [-0.3, -0.25) is 9.69 Å². The third kappa shape index (κ3) is 3.15. The van der Waals surface area contributed by atoms with Gasteiger partial charge in [0.25, 0.3) is 15.7 Å². The molecule has 0 saturated heterocycles. The van der Waals surface area contributed by atoms with Crippen molar-refractivity contribution in [1.82, 2.24) is 4.98 Å². The van der Waals surface area contributed by atoms with Crippen LogP contribution in [-0.2, 0) is 26.2 Å². The predicted molar refractivity (Wildman–Crippen MR) is 92.2 cm³/mol. The summed E-state index contributed by atoms with van der Waals surface area (Å²) >= 11 is 0. The third-order valence-corrected chi connectivity index (χ3v) is 7.45. The summed E-state index contributed by atoms with van der Waals surface area (Å²) in [5.74, 6) is -1.24. The predicted octanol–water partition coefficient (Wildman–Crippen LogP) is 2.33. The average molecular weight is 434 g/mol. The number of nitrogens with zero attached hydrogens (tertiary/aromatic N) is 2. The molecule has 0 atom stereocenters. The minimum atomic E-state index is -5.62. The van der Waals surface area contributed by atoms with E-state index in [4.69, 9.17) is 0 Å². The molecule has 3 rings (SSSR count). The van der Waals surface area contributed by atoms with Crippen molar-refractivity contribution in [1.29, 1.82) is 0 Å². The highest BCUT2D eigenvalue weighted by Gasteiger charge is 2.47. The lowest BCUT2D eigenvalue weighted by molar-refractivity contribution is -0.0436. The fourth-order valence-corrected chi connectivity index (χ4v) is 4.56. The van der Waals surface area contributed by atoms with Crippen LogP contribution in [0.25, 0.3) is 0 Å². The summed E-state index contributed by atoms with van der Waals surface area (Å²) in [4.78, 5) is 16.4. The van der Waals surface area contributed by atoms with Crippen LogP contribution in [0.15, 0.2) is 46.3 Å². The van der Waals surface area contributed by atoms with Gasteiger partial charge >= 0.3 is 5.51 Å². The van der Waals surface area contributed by atoms with Crippen LogP contribution in [0.3, 0.4) is 0 Å². The zero-order valence-corrected chi connectivity index (χ0v) is 15.9. The van der Waals surface area contributed by atoms with Crippen LogP contribution >= 0.6 is 0 Å². The number of sulfone groups is 2. The Morgan fingerprint density at radius 3 is 2.43 bits per heavy atom. The maximum absolute atomic E-state index is 12.8. The molecule has 150 valence electrons. The highest BCUT2D eigenvalue weighted by atomic mass is 32.2. The molecule has 2 heterocycles. The van der Waals surface area contributed by atoms with Gasteiger partial charge in [-0.1, -0.05) is 13.0 Å².